The molecular formula is C14H21F3IN3O2S. The van der Waals surface area contributed by atoms with E-state index in [0.29, 0.717) is 6.54 Å². The first kappa shape index (κ1) is 23.0. The van der Waals surface area contributed by atoms with Crippen LogP contribution in [0.25, 0.3) is 0 Å². The lowest BCUT2D eigenvalue weighted by Gasteiger charge is -2.12. The van der Waals surface area contributed by atoms with Crippen LogP contribution in [0, 0.1) is 0 Å². The summed E-state index contributed by atoms with van der Waals surface area (Å²) in [6, 6.07) is 7.97. The fourth-order valence-corrected chi connectivity index (χ4v) is 2.86. The summed E-state index contributed by atoms with van der Waals surface area (Å²) in [5.74, 6) is -0.0132. The van der Waals surface area contributed by atoms with Crippen molar-refractivity contribution in [2.45, 2.75) is 24.4 Å². The Labute approximate surface area is 157 Å². The molecule has 10 heteroatoms. The third kappa shape index (κ3) is 9.30. The minimum Gasteiger partial charge on any atom is -0.357 e. The van der Waals surface area contributed by atoms with Crippen LogP contribution in [0.4, 0.5) is 13.2 Å². The van der Waals surface area contributed by atoms with Gasteiger partial charge in [-0.25, -0.2) is 8.42 Å². The van der Waals surface area contributed by atoms with Gasteiger partial charge in [-0.15, -0.1) is 24.0 Å². The van der Waals surface area contributed by atoms with Gasteiger partial charge in [-0.1, -0.05) is 18.2 Å². The molecule has 0 spiro atoms. The minimum absolute atomic E-state index is 0. The van der Waals surface area contributed by atoms with Gasteiger partial charge in [0.15, 0.2) is 15.8 Å². The summed E-state index contributed by atoms with van der Waals surface area (Å²) in [5.41, 5.74) is 0. The van der Waals surface area contributed by atoms with Gasteiger partial charge in [0.25, 0.3) is 0 Å². The molecule has 138 valence electrons. The molecule has 2 N–H and O–H groups in total. The van der Waals surface area contributed by atoms with E-state index in [-0.39, 0.29) is 47.1 Å². The summed E-state index contributed by atoms with van der Waals surface area (Å²) in [5, 5.41) is 5.50. The Balaban J connectivity index is 0.00000529. The number of hydrogen-bond acceptors (Lipinski definition) is 3. The van der Waals surface area contributed by atoms with Gasteiger partial charge >= 0.3 is 6.18 Å². The van der Waals surface area contributed by atoms with Crippen molar-refractivity contribution in [3.63, 3.8) is 0 Å². The summed E-state index contributed by atoms with van der Waals surface area (Å²) in [7, 11) is -3.44. The van der Waals surface area contributed by atoms with E-state index in [0.717, 1.165) is 0 Å². The molecule has 5 nitrogen and oxygen atoms in total. The molecule has 1 rings (SSSR count). The average molecular weight is 479 g/mol. The SMILES string of the molecule is CCNC(=NCCC(F)(F)F)NCCS(=O)(=O)c1ccccc1.I. The van der Waals surface area contributed by atoms with E-state index >= 15 is 0 Å². The van der Waals surface area contributed by atoms with Crippen LogP contribution in [-0.4, -0.2) is 45.9 Å². The fourth-order valence-electron chi connectivity index (χ4n) is 1.69. The van der Waals surface area contributed by atoms with Crippen molar-refractivity contribution in [1.82, 2.24) is 10.6 Å². The quantitative estimate of drug-likeness (QED) is 0.359. The molecule has 0 saturated carbocycles. The predicted octanol–water partition coefficient (Wildman–Crippen LogP) is 2.59. The van der Waals surface area contributed by atoms with Gasteiger partial charge in [-0.05, 0) is 19.1 Å². The molecule has 0 aromatic heterocycles. The largest absolute Gasteiger partial charge is 0.390 e. The molecule has 0 atom stereocenters. The predicted molar refractivity (Wildman–Crippen MR) is 98.6 cm³/mol. The van der Waals surface area contributed by atoms with Crippen molar-refractivity contribution >= 4 is 39.8 Å². The average Bonchev–Trinajstić information content (AvgIpc) is 2.47. The second-order valence-corrected chi connectivity index (χ2v) is 6.79. The number of nitrogens with one attached hydrogen (secondary N) is 2. The Bertz CT molecular complexity index is 607. The molecule has 0 aliphatic heterocycles. The second-order valence-electron chi connectivity index (χ2n) is 4.68. The number of nitrogens with zero attached hydrogens (tertiary/aromatic N) is 1. The van der Waals surface area contributed by atoms with E-state index in [1.165, 1.54) is 12.1 Å². The Kier molecular flexibility index (Phi) is 10.3. The second kappa shape index (κ2) is 10.7. The first-order valence-corrected chi connectivity index (χ1v) is 8.76. The zero-order valence-corrected chi connectivity index (χ0v) is 16.3. The number of hydrogen-bond donors (Lipinski definition) is 2. The normalized spacial score (nSPS) is 12.4. The van der Waals surface area contributed by atoms with Gasteiger partial charge in [0.05, 0.1) is 23.6 Å². The Morgan fingerprint density at radius 2 is 1.79 bits per heavy atom. The Morgan fingerprint density at radius 3 is 2.33 bits per heavy atom. The Morgan fingerprint density at radius 1 is 1.17 bits per heavy atom. The maximum absolute atomic E-state index is 12.1. The third-order valence-electron chi connectivity index (χ3n) is 2.77. The van der Waals surface area contributed by atoms with Crippen LogP contribution in [-0.2, 0) is 9.84 Å². The maximum atomic E-state index is 12.1. The summed E-state index contributed by atoms with van der Waals surface area (Å²) < 4.78 is 60.4. The van der Waals surface area contributed by atoms with Gasteiger partial charge in [-0.3, -0.25) is 4.99 Å². The molecule has 0 radical (unpaired) electrons. The number of benzene rings is 1. The van der Waals surface area contributed by atoms with E-state index in [2.05, 4.69) is 15.6 Å². The lowest BCUT2D eigenvalue weighted by Crippen LogP contribution is -2.39. The van der Waals surface area contributed by atoms with Gasteiger partial charge in [0.2, 0.25) is 0 Å². The van der Waals surface area contributed by atoms with Gasteiger partial charge in [0.1, 0.15) is 0 Å². The maximum Gasteiger partial charge on any atom is 0.390 e. The highest BCUT2D eigenvalue weighted by atomic mass is 127. The third-order valence-corrected chi connectivity index (χ3v) is 4.51. The standard InChI is InChI=1S/C14H20F3N3O2S.HI/c1-2-18-13(19-9-8-14(15,16)17)20-10-11-23(21,22)12-6-4-3-5-7-12;/h3-7H,2,8-11H2,1H3,(H2,18,19,20);1H. The lowest BCUT2D eigenvalue weighted by molar-refractivity contribution is -0.132. The number of halogens is 4. The molecule has 0 aliphatic rings. The highest BCUT2D eigenvalue weighted by Crippen LogP contribution is 2.18. The molecule has 0 aliphatic carbocycles. The van der Waals surface area contributed by atoms with Gasteiger partial charge < -0.3 is 10.6 Å². The van der Waals surface area contributed by atoms with Crippen molar-refractivity contribution < 1.29 is 21.6 Å². The van der Waals surface area contributed by atoms with E-state index in [4.69, 9.17) is 0 Å². The van der Waals surface area contributed by atoms with Crippen LogP contribution in [0.1, 0.15) is 13.3 Å². The molecule has 0 bridgehead atoms. The summed E-state index contributed by atoms with van der Waals surface area (Å²) in [6.07, 6.45) is -5.29. The number of guanidine groups is 1. The number of rotatable bonds is 7. The van der Waals surface area contributed by atoms with Gasteiger partial charge in [-0.2, -0.15) is 13.2 Å². The molecule has 0 amide bonds. The van der Waals surface area contributed by atoms with Crippen LogP contribution in [0.15, 0.2) is 40.2 Å². The molecule has 1 aromatic rings. The van der Waals surface area contributed by atoms with E-state index in [1.54, 1.807) is 25.1 Å². The number of sulfone groups is 1. The molecule has 1 aromatic carbocycles. The van der Waals surface area contributed by atoms with E-state index < -0.39 is 29.0 Å². The molecular weight excluding hydrogens is 458 g/mol. The monoisotopic (exact) mass is 479 g/mol. The van der Waals surface area contributed by atoms with Gasteiger partial charge in [0, 0.05) is 13.1 Å². The number of aliphatic imine (C=N–C) groups is 1. The topological polar surface area (TPSA) is 70.6 Å². The fraction of sp³-hybridized carbons (Fsp3) is 0.500. The smallest absolute Gasteiger partial charge is 0.357 e. The summed E-state index contributed by atoms with van der Waals surface area (Å²) >= 11 is 0. The van der Waals surface area contributed by atoms with E-state index in [9.17, 15) is 21.6 Å². The Hall–Kier alpha value is -1.04. The zero-order valence-electron chi connectivity index (χ0n) is 13.1. The highest BCUT2D eigenvalue weighted by Gasteiger charge is 2.26. The van der Waals surface area contributed by atoms with Crippen molar-refractivity contribution in [2.75, 3.05) is 25.4 Å². The molecule has 0 unspecified atom stereocenters. The highest BCUT2D eigenvalue weighted by molar-refractivity contribution is 14.0. The molecule has 0 heterocycles. The summed E-state index contributed by atoms with van der Waals surface area (Å²) in [6.45, 7) is 1.87. The molecule has 0 fully saturated rings. The minimum atomic E-state index is -4.27. The van der Waals surface area contributed by atoms with Crippen LogP contribution >= 0.6 is 24.0 Å². The lowest BCUT2D eigenvalue weighted by atomic mass is 10.4. The summed E-state index contributed by atoms with van der Waals surface area (Å²) in [4.78, 5) is 3.98. The van der Waals surface area contributed by atoms with Crippen LogP contribution in [0.2, 0.25) is 0 Å². The molecule has 24 heavy (non-hydrogen) atoms. The first-order valence-electron chi connectivity index (χ1n) is 7.11. The zero-order chi connectivity index (χ0) is 17.3. The first-order chi connectivity index (χ1) is 10.7. The van der Waals surface area contributed by atoms with Crippen LogP contribution in [0.3, 0.4) is 0 Å². The van der Waals surface area contributed by atoms with E-state index in [1.807, 2.05) is 0 Å². The number of alkyl halides is 3. The van der Waals surface area contributed by atoms with Crippen LogP contribution < -0.4 is 10.6 Å². The van der Waals surface area contributed by atoms with Crippen molar-refractivity contribution in [3.8, 4) is 0 Å². The van der Waals surface area contributed by atoms with Crippen molar-refractivity contribution in [2.24, 2.45) is 4.99 Å². The van der Waals surface area contributed by atoms with Crippen molar-refractivity contribution in [3.05, 3.63) is 30.3 Å². The molecule has 0 saturated heterocycles. The van der Waals surface area contributed by atoms with Crippen LogP contribution in [0.5, 0.6) is 0 Å². The van der Waals surface area contributed by atoms with Crippen molar-refractivity contribution in [1.29, 1.82) is 0 Å².